The highest BCUT2D eigenvalue weighted by molar-refractivity contribution is 7.12. The maximum absolute atomic E-state index is 4.78. The zero-order chi connectivity index (χ0) is 15.2. The minimum Gasteiger partial charge on any atom is -0.252 e. The van der Waals surface area contributed by atoms with Crippen molar-refractivity contribution < 1.29 is 0 Å². The smallest absolute Gasteiger partial charge is 0.0620 e. The van der Waals surface area contributed by atoms with E-state index < -0.39 is 0 Å². The molecule has 0 atom stereocenters. The zero-order valence-electron chi connectivity index (χ0n) is 13.1. The van der Waals surface area contributed by atoms with Crippen molar-refractivity contribution in [1.82, 2.24) is 0 Å². The topological polar surface area (TPSA) is 12.4 Å². The lowest BCUT2D eigenvalue weighted by atomic mass is 10.0. The summed E-state index contributed by atoms with van der Waals surface area (Å²) in [5.74, 6) is 0. The van der Waals surface area contributed by atoms with Gasteiger partial charge < -0.3 is 0 Å². The number of benzene rings is 1. The number of thiophene rings is 1. The van der Waals surface area contributed by atoms with Crippen molar-refractivity contribution in [3.63, 3.8) is 0 Å². The van der Waals surface area contributed by atoms with Gasteiger partial charge in [-0.2, -0.15) is 0 Å². The molecule has 0 saturated carbocycles. The second-order valence-electron chi connectivity index (χ2n) is 5.03. The first-order valence-corrected chi connectivity index (χ1v) is 7.99. The number of hydrogen-bond donors (Lipinski definition) is 0. The van der Waals surface area contributed by atoms with Crippen LogP contribution in [0.4, 0.5) is 0 Å². The molecule has 0 spiro atoms. The van der Waals surface area contributed by atoms with Gasteiger partial charge in [-0.15, -0.1) is 11.3 Å². The van der Waals surface area contributed by atoms with Crippen molar-refractivity contribution in [1.29, 1.82) is 0 Å². The first-order valence-electron chi connectivity index (χ1n) is 7.11. The lowest BCUT2D eigenvalue weighted by Crippen LogP contribution is -1.93. The van der Waals surface area contributed by atoms with E-state index in [1.807, 2.05) is 6.92 Å². The highest BCUT2D eigenvalue weighted by Gasteiger charge is 2.03. The van der Waals surface area contributed by atoms with Gasteiger partial charge in [0.25, 0.3) is 0 Å². The van der Waals surface area contributed by atoms with E-state index >= 15 is 0 Å². The molecule has 0 amide bonds. The van der Waals surface area contributed by atoms with Crippen LogP contribution in [0.5, 0.6) is 0 Å². The van der Waals surface area contributed by atoms with Crippen LogP contribution < -0.4 is 0 Å². The number of aryl methyl sites for hydroxylation is 1. The van der Waals surface area contributed by atoms with Gasteiger partial charge >= 0.3 is 0 Å². The number of nitrogens with zero attached hydrogens (tertiary/aromatic N) is 1. The molecule has 1 heterocycles. The molecular weight excluding hydrogens is 274 g/mol. The number of rotatable bonds is 4. The Hall–Kier alpha value is -1.93. The Morgan fingerprint density at radius 2 is 1.86 bits per heavy atom. The molecule has 0 unspecified atom stereocenters. The van der Waals surface area contributed by atoms with Crippen LogP contribution >= 0.6 is 11.3 Å². The van der Waals surface area contributed by atoms with Gasteiger partial charge in [-0.1, -0.05) is 36.4 Å². The Labute approximate surface area is 131 Å². The van der Waals surface area contributed by atoms with E-state index in [0.29, 0.717) is 0 Å². The van der Waals surface area contributed by atoms with E-state index in [0.717, 1.165) is 11.4 Å². The molecule has 0 aliphatic heterocycles. The van der Waals surface area contributed by atoms with Crippen molar-refractivity contribution >= 4 is 23.1 Å². The van der Waals surface area contributed by atoms with Gasteiger partial charge in [-0.25, -0.2) is 0 Å². The molecule has 21 heavy (non-hydrogen) atoms. The average Bonchev–Trinajstić information content (AvgIpc) is 3.01. The molecule has 0 saturated heterocycles. The second-order valence-corrected chi connectivity index (χ2v) is 5.98. The van der Waals surface area contributed by atoms with Crippen LogP contribution in [0.3, 0.4) is 0 Å². The fourth-order valence-corrected chi connectivity index (χ4v) is 2.83. The highest BCUT2D eigenvalue weighted by Crippen LogP contribution is 2.20. The van der Waals surface area contributed by atoms with Gasteiger partial charge in [-0.3, -0.25) is 4.99 Å². The summed E-state index contributed by atoms with van der Waals surface area (Å²) < 4.78 is 0. The van der Waals surface area contributed by atoms with Crippen molar-refractivity contribution in [3.05, 3.63) is 75.1 Å². The molecule has 2 aromatic rings. The van der Waals surface area contributed by atoms with E-state index in [1.54, 1.807) is 11.3 Å². The molecule has 0 N–H and O–H groups in total. The molecule has 0 aliphatic rings. The Morgan fingerprint density at radius 1 is 1.10 bits per heavy atom. The lowest BCUT2D eigenvalue weighted by Gasteiger charge is -2.06. The van der Waals surface area contributed by atoms with Crippen molar-refractivity contribution in [2.45, 2.75) is 27.7 Å². The van der Waals surface area contributed by atoms with Gasteiger partial charge in [0, 0.05) is 4.88 Å². The van der Waals surface area contributed by atoms with E-state index in [-0.39, 0.29) is 0 Å². The van der Waals surface area contributed by atoms with Gasteiger partial charge in [-0.05, 0) is 61.9 Å². The molecule has 2 rings (SSSR count). The van der Waals surface area contributed by atoms with Crippen LogP contribution in [0, 0.1) is 6.92 Å². The molecular formula is C19H21NS. The van der Waals surface area contributed by atoms with E-state index in [4.69, 9.17) is 4.99 Å². The predicted molar refractivity (Wildman–Crippen MR) is 95.1 cm³/mol. The lowest BCUT2D eigenvalue weighted by molar-refractivity contribution is 1.27. The van der Waals surface area contributed by atoms with Crippen molar-refractivity contribution in [2.24, 2.45) is 4.99 Å². The fraction of sp³-hybridized carbons (Fsp3) is 0.211. The van der Waals surface area contributed by atoms with Crippen LogP contribution in [0.25, 0.3) is 6.08 Å². The summed E-state index contributed by atoms with van der Waals surface area (Å²) in [6.45, 7) is 8.35. The summed E-state index contributed by atoms with van der Waals surface area (Å²) in [6.07, 6.45) is 4.27. The van der Waals surface area contributed by atoms with Crippen LogP contribution in [0.15, 0.2) is 64.1 Å². The predicted octanol–water partition coefficient (Wildman–Crippen LogP) is 5.87. The third-order valence-corrected chi connectivity index (χ3v) is 4.38. The standard InChI is InChI=1S/C19H21NS/c1-5-18(20-16(4)19-11-8-12-21-19)15(3)13-17-10-7-6-9-14(17)2/h5-13H,1-4H3/b15-13+,18-5-,20-16+. The minimum atomic E-state index is 1.03. The van der Waals surface area contributed by atoms with Crippen LogP contribution in [-0.4, -0.2) is 5.71 Å². The Kier molecular flexibility index (Phi) is 5.29. The largest absolute Gasteiger partial charge is 0.252 e. The normalized spacial score (nSPS) is 13.6. The van der Waals surface area contributed by atoms with E-state index in [1.165, 1.54) is 21.6 Å². The van der Waals surface area contributed by atoms with Crippen LogP contribution in [0.1, 0.15) is 36.8 Å². The quantitative estimate of drug-likeness (QED) is 0.494. The maximum Gasteiger partial charge on any atom is 0.0620 e. The van der Waals surface area contributed by atoms with E-state index in [2.05, 4.69) is 74.7 Å². The molecule has 0 bridgehead atoms. The fourth-order valence-electron chi connectivity index (χ4n) is 2.16. The summed E-state index contributed by atoms with van der Waals surface area (Å²) in [5.41, 5.74) is 5.81. The Bertz CT molecular complexity index is 688. The number of allylic oxidation sites excluding steroid dienone is 2. The minimum absolute atomic E-state index is 1.03. The molecule has 108 valence electrons. The first kappa shape index (κ1) is 15.5. The summed E-state index contributed by atoms with van der Waals surface area (Å²) in [6, 6.07) is 12.6. The van der Waals surface area contributed by atoms with Gasteiger partial charge in [0.1, 0.15) is 0 Å². The summed E-state index contributed by atoms with van der Waals surface area (Å²) in [4.78, 5) is 6.00. The van der Waals surface area contributed by atoms with Gasteiger partial charge in [0.05, 0.1) is 11.4 Å². The average molecular weight is 295 g/mol. The van der Waals surface area contributed by atoms with E-state index in [9.17, 15) is 0 Å². The van der Waals surface area contributed by atoms with Crippen LogP contribution in [-0.2, 0) is 0 Å². The molecule has 0 aliphatic carbocycles. The Balaban J connectivity index is 2.30. The molecule has 0 fully saturated rings. The molecule has 0 radical (unpaired) electrons. The first-order chi connectivity index (χ1) is 10.1. The Morgan fingerprint density at radius 3 is 2.48 bits per heavy atom. The maximum atomic E-state index is 4.78. The second kappa shape index (κ2) is 7.19. The third kappa shape index (κ3) is 4.02. The van der Waals surface area contributed by atoms with Gasteiger partial charge in [0.2, 0.25) is 0 Å². The number of aliphatic imine (C=N–C) groups is 1. The van der Waals surface area contributed by atoms with Crippen molar-refractivity contribution in [2.75, 3.05) is 0 Å². The van der Waals surface area contributed by atoms with Gasteiger partial charge in [0.15, 0.2) is 0 Å². The summed E-state index contributed by atoms with van der Waals surface area (Å²) >= 11 is 1.72. The monoisotopic (exact) mass is 295 g/mol. The SMILES string of the molecule is C/C=C(\N=C(/C)c1cccs1)C(/C)=C/c1ccccc1C. The molecule has 1 aromatic carbocycles. The molecule has 1 aromatic heterocycles. The zero-order valence-corrected chi connectivity index (χ0v) is 13.9. The highest BCUT2D eigenvalue weighted by atomic mass is 32.1. The summed E-state index contributed by atoms with van der Waals surface area (Å²) in [5, 5.41) is 2.08. The molecule has 1 nitrogen and oxygen atoms in total. The molecule has 2 heteroatoms. The third-order valence-electron chi connectivity index (χ3n) is 3.40. The van der Waals surface area contributed by atoms with Crippen LogP contribution in [0.2, 0.25) is 0 Å². The summed E-state index contributed by atoms with van der Waals surface area (Å²) in [7, 11) is 0. The van der Waals surface area contributed by atoms with Crippen molar-refractivity contribution in [3.8, 4) is 0 Å². The number of hydrogen-bond acceptors (Lipinski definition) is 2.